The summed E-state index contributed by atoms with van der Waals surface area (Å²) in [6.07, 6.45) is 5.60. The fourth-order valence-electron chi connectivity index (χ4n) is 2.08. The van der Waals surface area contributed by atoms with E-state index in [1.165, 1.54) is 11.1 Å². The molecule has 5 heteroatoms. The van der Waals surface area contributed by atoms with E-state index in [0.29, 0.717) is 6.04 Å². The second-order valence-corrected chi connectivity index (χ2v) is 5.28. The quantitative estimate of drug-likeness (QED) is 0.652. The van der Waals surface area contributed by atoms with Gasteiger partial charge in [-0.15, -0.1) is 0 Å². The van der Waals surface area contributed by atoms with Crippen LogP contribution in [0.1, 0.15) is 25.0 Å². The molecule has 0 radical (unpaired) electrons. The molecule has 0 saturated carbocycles. The number of nitrogens with one attached hydrogen (secondary N) is 2. The van der Waals surface area contributed by atoms with E-state index in [9.17, 15) is 0 Å². The minimum Gasteiger partial charge on any atom is -0.354 e. The van der Waals surface area contributed by atoms with Gasteiger partial charge >= 0.3 is 0 Å². The summed E-state index contributed by atoms with van der Waals surface area (Å²) in [4.78, 5) is 8.27. The summed E-state index contributed by atoms with van der Waals surface area (Å²) in [5.41, 5.74) is 2.50. The number of aliphatic imine (C=N–C) groups is 1. The molecule has 0 aliphatic carbocycles. The van der Waals surface area contributed by atoms with Crippen LogP contribution in [-0.4, -0.2) is 28.6 Å². The van der Waals surface area contributed by atoms with Crippen molar-refractivity contribution in [2.24, 2.45) is 4.99 Å². The largest absolute Gasteiger partial charge is 0.354 e. The van der Waals surface area contributed by atoms with Crippen molar-refractivity contribution >= 4 is 5.96 Å². The van der Waals surface area contributed by atoms with Crippen LogP contribution in [0.15, 0.2) is 48.0 Å². The van der Waals surface area contributed by atoms with Crippen LogP contribution in [0.3, 0.4) is 0 Å². The van der Waals surface area contributed by atoms with Gasteiger partial charge in [0.15, 0.2) is 5.96 Å². The van der Waals surface area contributed by atoms with E-state index in [1.807, 2.05) is 12.5 Å². The maximum atomic E-state index is 4.21. The second kappa shape index (κ2) is 7.47. The van der Waals surface area contributed by atoms with Gasteiger partial charge in [0.25, 0.3) is 0 Å². The lowest BCUT2D eigenvalue weighted by molar-refractivity contribution is 0.699. The highest BCUT2D eigenvalue weighted by Crippen LogP contribution is 2.07. The fraction of sp³-hybridized carbons (Fsp3) is 0.375. The Morgan fingerprint density at radius 2 is 2.14 bits per heavy atom. The van der Waals surface area contributed by atoms with Crippen molar-refractivity contribution in [1.82, 2.24) is 20.2 Å². The minimum atomic E-state index is 0.365. The summed E-state index contributed by atoms with van der Waals surface area (Å²) < 4.78 is 2.06. The van der Waals surface area contributed by atoms with Crippen molar-refractivity contribution in [2.75, 3.05) is 7.05 Å². The van der Waals surface area contributed by atoms with Crippen molar-refractivity contribution < 1.29 is 0 Å². The number of rotatable bonds is 5. The molecule has 0 aliphatic heterocycles. The SMILES string of the molecule is CN=C(NCc1cccc(Cn2ccnc2)c1)NC(C)C. The Bertz CT molecular complexity index is 572. The number of benzene rings is 1. The molecule has 5 nitrogen and oxygen atoms in total. The van der Waals surface area contributed by atoms with E-state index < -0.39 is 0 Å². The lowest BCUT2D eigenvalue weighted by atomic mass is 10.1. The van der Waals surface area contributed by atoms with Crippen LogP contribution in [0.4, 0.5) is 0 Å². The molecule has 21 heavy (non-hydrogen) atoms. The van der Waals surface area contributed by atoms with Crippen LogP contribution < -0.4 is 10.6 Å². The monoisotopic (exact) mass is 285 g/mol. The molecular weight excluding hydrogens is 262 g/mol. The Labute approximate surface area is 126 Å². The first-order valence-corrected chi connectivity index (χ1v) is 7.18. The van der Waals surface area contributed by atoms with Gasteiger partial charge in [-0.25, -0.2) is 4.98 Å². The smallest absolute Gasteiger partial charge is 0.191 e. The zero-order valence-corrected chi connectivity index (χ0v) is 12.9. The number of aromatic nitrogens is 2. The van der Waals surface area contributed by atoms with Crippen LogP contribution >= 0.6 is 0 Å². The second-order valence-electron chi connectivity index (χ2n) is 5.28. The van der Waals surface area contributed by atoms with E-state index >= 15 is 0 Å². The van der Waals surface area contributed by atoms with Gasteiger partial charge in [-0.2, -0.15) is 0 Å². The molecule has 0 amide bonds. The predicted octanol–water partition coefficient (Wildman–Crippen LogP) is 2.00. The lowest BCUT2D eigenvalue weighted by Gasteiger charge is -2.14. The maximum Gasteiger partial charge on any atom is 0.191 e. The summed E-state index contributed by atoms with van der Waals surface area (Å²) in [7, 11) is 1.78. The molecule has 112 valence electrons. The van der Waals surface area contributed by atoms with Crippen molar-refractivity contribution in [1.29, 1.82) is 0 Å². The van der Waals surface area contributed by atoms with Gasteiger partial charge in [0.2, 0.25) is 0 Å². The first-order valence-electron chi connectivity index (χ1n) is 7.18. The normalized spacial score (nSPS) is 11.7. The van der Waals surface area contributed by atoms with Crippen LogP contribution in [0, 0.1) is 0 Å². The van der Waals surface area contributed by atoms with Gasteiger partial charge in [-0.05, 0) is 25.0 Å². The van der Waals surface area contributed by atoms with Crippen molar-refractivity contribution in [3.05, 3.63) is 54.1 Å². The van der Waals surface area contributed by atoms with E-state index in [2.05, 4.69) is 63.3 Å². The van der Waals surface area contributed by atoms with Crippen LogP contribution in [0.25, 0.3) is 0 Å². The van der Waals surface area contributed by atoms with Gasteiger partial charge in [-0.1, -0.05) is 24.3 Å². The Morgan fingerprint density at radius 1 is 1.33 bits per heavy atom. The van der Waals surface area contributed by atoms with Crippen molar-refractivity contribution in [2.45, 2.75) is 33.0 Å². The van der Waals surface area contributed by atoms with Gasteiger partial charge < -0.3 is 15.2 Å². The topological polar surface area (TPSA) is 54.2 Å². The third-order valence-electron chi connectivity index (χ3n) is 3.02. The lowest BCUT2D eigenvalue weighted by Crippen LogP contribution is -2.40. The first-order chi connectivity index (χ1) is 10.2. The highest BCUT2D eigenvalue weighted by molar-refractivity contribution is 5.79. The number of nitrogens with zero attached hydrogens (tertiary/aromatic N) is 3. The van der Waals surface area contributed by atoms with Gasteiger partial charge in [0.1, 0.15) is 0 Å². The molecule has 0 unspecified atom stereocenters. The Morgan fingerprint density at radius 3 is 2.81 bits per heavy atom. The molecule has 0 saturated heterocycles. The molecule has 1 aromatic carbocycles. The Balaban J connectivity index is 1.94. The zero-order chi connectivity index (χ0) is 15.1. The summed E-state index contributed by atoms with van der Waals surface area (Å²) in [5.74, 6) is 0.824. The van der Waals surface area contributed by atoms with Gasteiger partial charge in [-0.3, -0.25) is 4.99 Å². The highest BCUT2D eigenvalue weighted by atomic mass is 15.2. The average molecular weight is 285 g/mol. The number of hydrogen-bond donors (Lipinski definition) is 2. The summed E-state index contributed by atoms with van der Waals surface area (Å²) in [6.45, 7) is 5.79. The Hall–Kier alpha value is -2.30. The molecule has 0 spiro atoms. The summed E-state index contributed by atoms with van der Waals surface area (Å²) >= 11 is 0. The maximum absolute atomic E-state index is 4.21. The van der Waals surface area contributed by atoms with E-state index in [-0.39, 0.29) is 0 Å². The van der Waals surface area contributed by atoms with E-state index in [1.54, 1.807) is 13.2 Å². The number of guanidine groups is 1. The molecule has 2 aromatic rings. The molecule has 0 aliphatic rings. The molecule has 0 fully saturated rings. The van der Waals surface area contributed by atoms with Crippen LogP contribution in [0.5, 0.6) is 0 Å². The number of hydrogen-bond acceptors (Lipinski definition) is 2. The minimum absolute atomic E-state index is 0.365. The molecule has 0 bridgehead atoms. The highest BCUT2D eigenvalue weighted by Gasteiger charge is 2.01. The standard InChI is InChI=1S/C16H23N5/c1-13(2)20-16(17-3)19-10-14-5-4-6-15(9-14)11-21-8-7-18-12-21/h4-9,12-13H,10-11H2,1-3H3,(H2,17,19,20). The number of imidazole rings is 1. The third-order valence-corrected chi connectivity index (χ3v) is 3.02. The molecule has 2 N–H and O–H groups in total. The molecule has 2 rings (SSSR count). The predicted molar refractivity (Wildman–Crippen MR) is 86.2 cm³/mol. The van der Waals surface area contributed by atoms with E-state index in [4.69, 9.17) is 0 Å². The van der Waals surface area contributed by atoms with Crippen LogP contribution in [0.2, 0.25) is 0 Å². The van der Waals surface area contributed by atoms with E-state index in [0.717, 1.165) is 19.0 Å². The molecule has 1 heterocycles. The fourth-order valence-corrected chi connectivity index (χ4v) is 2.08. The molecular formula is C16H23N5. The Kier molecular flexibility index (Phi) is 5.37. The summed E-state index contributed by atoms with van der Waals surface area (Å²) in [5, 5.41) is 6.60. The summed E-state index contributed by atoms with van der Waals surface area (Å²) in [6, 6.07) is 8.90. The molecule has 0 atom stereocenters. The zero-order valence-electron chi connectivity index (χ0n) is 12.9. The molecule has 1 aromatic heterocycles. The third kappa shape index (κ3) is 4.95. The first kappa shape index (κ1) is 15.1. The van der Waals surface area contributed by atoms with Gasteiger partial charge in [0, 0.05) is 38.6 Å². The van der Waals surface area contributed by atoms with Crippen LogP contribution in [-0.2, 0) is 13.1 Å². The average Bonchev–Trinajstić information content (AvgIpc) is 2.96. The van der Waals surface area contributed by atoms with Gasteiger partial charge in [0.05, 0.1) is 6.33 Å². The van der Waals surface area contributed by atoms with Crippen molar-refractivity contribution in [3.8, 4) is 0 Å². The van der Waals surface area contributed by atoms with Crippen molar-refractivity contribution in [3.63, 3.8) is 0 Å².